The molecule has 1 aliphatic heterocycles. The number of nitrogens with zero attached hydrogens (tertiary/aromatic N) is 4. The van der Waals surface area contributed by atoms with Gasteiger partial charge in [0, 0.05) is 38.2 Å². The van der Waals surface area contributed by atoms with Crippen LogP contribution in [0, 0.1) is 0 Å². The Kier molecular flexibility index (Phi) is 4.97. The average Bonchev–Trinajstić information content (AvgIpc) is 3.09. The van der Waals surface area contributed by atoms with Crippen LogP contribution in [0.4, 0.5) is 0 Å². The van der Waals surface area contributed by atoms with E-state index in [-0.39, 0.29) is 5.91 Å². The second kappa shape index (κ2) is 7.32. The number of rotatable bonds is 5. The van der Waals surface area contributed by atoms with Crippen LogP contribution in [0.25, 0.3) is 11.5 Å². The van der Waals surface area contributed by atoms with Gasteiger partial charge in [0.05, 0.1) is 0 Å². The molecule has 1 unspecified atom stereocenters. The molecule has 2 aromatic rings. The van der Waals surface area contributed by atoms with Crippen molar-refractivity contribution in [3.63, 3.8) is 0 Å². The molecular weight excluding hydrogens is 294 g/mol. The molecule has 1 N–H and O–H groups in total. The molecule has 0 aliphatic carbocycles. The fraction of sp³-hybridized carbons (Fsp3) is 0.500. The van der Waals surface area contributed by atoms with E-state index in [1.54, 1.807) is 6.20 Å². The zero-order valence-corrected chi connectivity index (χ0v) is 13.2. The third-order valence-corrected chi connectivity index (χ3v) is 4.10. The van der Waals surface area contributed by atoms with Crippen molar-refractivity contribution >= 4 is 5.91 Å². The van der Waals surface area contributed by atoms with Crippen molar-refractivity contribution in [2.45, 2.75) is 31.7 Å². The summed E-state index contributed by atoms with van der Waals surface area (Å²) < 4.78 is 5.21. The fourth-order valence-corrected chi connectivity index (χ4v) is 2.77. The molecule has 23 heavy (non-hydrogen) atoms. The molecule has 0 radical (unpaired) electrons. The first-order chi connectivity index (χ1) is 11.3. The van der Waals surface area contributed by atoms with Gasteiger partial charge in [0.2, 0.25) is 17.6 Å². The molecule has 0 bridgehead atoms. The third kappa shape index (κ3) is 3.92. The first-order valence-corrected chi connectivity index (χ1v) is 7.95. The summed E-state index contributed by atoms with van der Waals surface area (Å²) in [7, 11) is 1.94. The molecule has 1 atom stereocenters. The molecule has 1 amide bonds. The topological polar surface area (TPSA) is 84.2 Å². The molecular formula is C16H21N5O2. The maximum absolute atomic E-state index is 12.3. The van der Waals surface area contributed by atoms with Crippen LogP contribution >= 0.6 is 0 Å². The fourth-order valence-electron chi connectivity index (χ4n) is 2.77. The van der Waals surface area contributed by atoms with E-state index in [0.717, 1.165) is 25.9 Å². The van der Waals surface area contributed by atoms with Gasteiger partial charge in [-0.05, 0) is 32.0 Å². The smallest absolute Gasteiger partial charge is 0.227 e. The molecule has 7 nitrogen and oxygen atoms in total. The summed E-state index contributed by atoms with van der Waals surface area (Å²) in [5.74, 6) is 1.07. The number of pyridine rings is 1. The second-order valence-electron chi connectivity index (χ2n) is 5.69. The van der Waals surface area contributed by atoms with E-state index in [1.165, 1.54) is 0 Å². The van der Waals surface area contributed by atoms with Crippen LogP contribution in [-0.2, 0) is 11.2 Å². The Labute approximate surface area is 135 Å². The Morgan fingerprint density at radius 1 is 1.48 bits per heavy atom. The van der Waals surface area contributed by atoms with E-state index < -0.39 is 0 Å². The first-order valence-electron chi connectivity index (χ1n) is 7.95. The minimum atomic E-state index is 0.141. The van der Waals surface area contributed by atoms with Gasteiger partial charge in [0.1, 0.15) is 5.69 Å². The third-order valence-electron chi connectivity index (χ3n) is 4.10. The highest BCUT2D eigenvalue weighted by Crippen LogP contribution is 2.14. The number of nitrogens with one attached hydrogen (secondary N) is 1. The maximum Gasteiger partial charge on any atom is 0.227 e. The molecule has 3 rings (SSSR count). The molecule has 3 heterocycles. The summed E-state index contributed by atoms with van der Waals surface area (Å²) in [6.07, 6.45) is 4.70. The zero-order chi connectivity index (χ0) is 16.1. The molecule has 1 saturated heterocycles. The van der Waals surface area contributed by atoms with Crippen molar-refractivity contribution in [2.24, 2.45) is 0 Å². The SMILES string of the molecule is CNC1CCCN(C(=O)CCc2nc(-c3ccccn3)no2)C1. The number of carbonyl (C=O) groups excluding carboxylic acids is 1. The van der Waals surface area contributed by atoms with Gasteiger partial charge in [0.25, 0.3) is 0 Å². The van der Waals surface area contributed by atoms with Gasteiger partial charge in [-0.1, -0.05) is 11.2 Å². The van der Waals surface area contributed by atoms with Gasteiger partial charge in [-0.25, -0.2) is 0 Å². The number of hydrogen-bond acceptors (Lipinski definition) is 6. The number of likely N-dealkylation sites (tertiary alicyclic amines) is 1. The van der Waals surface area contributed by atoms with E-state index in [1.807, 2.05) is 30.1 Å². The molecule has 7 heteroatoms. The highest BCUT2D eigenvalue weighted by atomic mass is 16.5. The predicted octanol–water partition coefficient (Wildman–Crippen LogP) is 1.27. The number of likely N-dealkylation sites (N-methyl/N-ethyl adjacent to an activating group) is 1. The van der Waals surface area contributed by atoms with Crippen molar-refractivity contribution in [1.82, 2.24) is 25.3 Å². The van der Waals surface area contributed by atoms with Crippen LogP contribution in [-0.4, -0.2) is 52.1 Å². The highest BCUT2D eigenvalue weighted by molar-refractivity contribution is 5.76. The summed E-state index contributed by atoms with van der Waals surface area (Å²) in [5.41, 5.74) is 0.668. The number of aromatic nitrogens is 3. The Balaban J connectivity index is 1.54. The average molecular weight is 315 g/mol. The second-order valence-corrected chi connectivity index (χ2v) is 5.69. The van der Waals surface area contributed by atoms with Gasteiger partial charge in [0.15, 0.2) is 0 Å². The van der Waals surface area contributed by atoms with Gasteiger partial charge in [-0.2, -0.15) is 4.98 Å². The summed E-state index contributed by atoms with van der Waals surface area (Å²) in [5, 5.41) is 7.16. The van der Waals surface area contributed by atoms with Crippen molar-refractivity contribution < 1.29 is 9.32 Å². The van der Waals surface area contributed by atoms with Crippen LogP contribution in [0.15, 0.2) is 28.9 Å². The van der Waals surface area contributed by atoms with Gasteiger partial charge in [-0.3, -0.25) is 9.78 Å². The lowest BCUT2D eigenvalue weighted by Gasteiger charge is -2.32. The Morgan fingerprint density at radius 3 is 3.17 bits per heavy atom. The summed E-state index contributed by atoms with van der Waals surface area (Å²) in [4.78, 5) is 22.7. The standard InChI is InChI=1S/C16H21N5O2/c1-17-12-5-4-10-21(11-12)15(22)8-7-14-19-16(20-23-14)13-6-2-3-9-18-13/h2-3,6,9,12,17H,4-5,7-8,10-11H2,1H3. The van der Waals surface area contributed by atoms with E-state index >= 15 is 0 Å². The first kappa shape index (κ1) is 15.6. The van der Waals surface area contributed by atoms with Crippen LogP contribution in [0.2, 0.25) is 0 Å². The minimum absolute atomic E-state index is 0.141. The van der Waals surface area contributed by atoms with E-state index in [2.05, 4.69) is 20.4 Å². The number of piperidine rings is 1. The Bertz CT molecular complexity index is 643. The molecule has 2 aromatic heterocycles. The Hall–Kier alpha value is -2.28. The molecule has 0 aromatic carbocycles. The quantitative estimate of drug-likeness (QED) is 0.894. The number of aryl methyl sites for hydroxylation is 1. The zero-order valence-electron chi connectivity index (χ0n) is 13.2. The molecule has 1 fully saturated rings. The largest absolute Gasteiger partial charge is 0.341 e. The summed E-state index contributed by atoms with van der Waals surface area (Å²) in [6.45, 7) is 1.61. The molecule has 0 saturated carbocycles. The lowest BCUT2D eigenvalue weighted by atomic mass is 10.1. The lowest BCUT2D eigenvalue weighted by molar-refractivity contribution is -0.132. The minimum Gasteiger partial charge on any atom is -0.341 e. The van der Waals surface area contributed by atoms with Crippen LogP contribution < -0.4 is 5.32 Å². The molecule has 1 aliphatic rings. The van der Waals surface area contributed by atoms with Crippen molar-refractivity contribution in [1.29, 1.82) is 0 Å². The van der Waals surface area contributed by atoms with Crippen molar-refractivity contribution in [3.05, 3.63) is 30.3 Å². The highest BCUT2D eigenvalue weighted by Gasteiger charge is 2.22. The van der Waals surface area contributed by atoms with E-state index in [4.69, 9.17) is 4.52 Å². The monoisotopic (exact) mass is 315 g/mol. The van der Waals surface area contributed by atoms with Crippen LogP contribution in [0.3, 0.4) is 0 Å². The Morgan fingerprint density at radius 2 is 2.39 bits per heavy atom. The lowest BCUT2D eigenvalue weighted by Crippen LogP contribution is -2.47. The van der Waals surface area contributed by atoms with Crippen molar-refractivity contribution in [3.8, 4) is 11.5 Å². The number of amides is 1. The van der Waals surface area contributed by atoms with E-state index in [9.17, 15) is 4.79 Å². The summed E-state index contributed by atoms with van der Waals surface area (Å²) in [6, 6.07) is 5.93. The normalized spacial score (nSPS) is 18.1. The van der Waals surface area contributed by atoms with E-state index in [0.29, 0.717) is 36.3 Å². The van der Waals surface area contributed by atoms with Crippen LogP contribution in [0.5, 0.6) is 0 Å². The van der Waals surface area contributed by atoms with Gasteiger partial charge in [-0.15, -0.1) is 0 Å². The number of carbonyl (C=O) groups is 1. The predicted molar refractivity (Wildman–Crippen MR) is 84.5 cm³/mol. The molecule has 0 spiro atoms. The maximum atomic E-state index is 12.3. The summed E-state index contributed by atoms with van der Waals surface area (Å²) >= 11 is 0. The van der Waals surface area contributed by atoms with Crippen LogP contribution in [0.1, 0.15) is 25.2 Å². The van der Waals surface area contributed by atoms with Crippen molar-refractivity contribution in [2.75, 3.05) is 20.1 Å². The number of hydrogen-bond donors (Lipinski definition) is 1. The van der Waals surface area contributed by atoms with Gasteiger partial charge >= 0.3 is 0 Å². The van der Waals surface area contributed by atoms with Gasteiger partial charge < -0.3 is 14.7 Å². The molecule has 122 valence electrons.